The number of carbonyl (C=O) groups excluding carboxylic acids is 4. The van der Waals surface area contributed by atoms with Crippen molar-refractivity contribution in [1.82, 2.24) is 45.1 Å². The van der Waals surface area contributed by atoms with Gasteiger partial charge in [-0.3, -0.25) is 19.0 Å². The van der Waals surface area contributed by atoms with Crippen molar-refractivity contribution in [2.24, 2.45) is 13.0 Å². The Balaban J connectivity index is 1.32. The molecule has 2 unspecified atom stereocenters. The summed E-state index contributed by atoms with van der Waals surface area (Å²) in [6.07, 6.45) is 0.805. The number of ether oxygens (including phenoxy) is 2. The first-order valence-corrected chi connectivity index (χ1v) is 20.1. The van der Waals surface area contributed by atoms with Crippen molar-refractivity contribution >= 4 is 55.5 Å². The van der Waals surface area contributed by atoms with Gasteiger partial charge in [-0.2, -0.15) is 10.1 Å². The normalized spacial score (nSPS) is 22.7. The van der Waals surface area contributed by atoms with Crippen molar-refractivity contribution < 1.29 is 37.1 Å². The van der Waals surface area contributed by atoms with Crippen LogP contribution in [0.15, 0.2) is 30.2 Å². The zero-order valence-electron chi connectivity index (χ0n) is 31.6. The molecule has 3 N–H and O–H groups in total. The fourth-order valence-corrected chi connectivity index (χ4v) is 8.52. The summed E-state index contributed by atoms with van der Waals surface area (Å²) < 4.78 is 41.9. The monoisotopic (exact) mass is 785 g/mol. The first-order valence-electron chi connectivity index (χ1n) is 17.7. The maximum atomic E-state index is 14.5. The van der Waals surface area contributed by atoms with E-state index in [1.807, 2.05) is 24.4 Å². The number of aryl methyl sites for hydroxylation is 2. The van der Waals surface area contributed by atoms with Gasteiger partial charge < -0.3 is 19.7 Å². The zero-order chi connectivity index (χ0) is 39.5. The first-order chi connectivity index (χ1) is 25.1. The SMILES string of the molecule is C=C[C@@H]1CC1(NC(=O)[C@@H]1CC(Oc2nc(-c3cc(C)nn3C)nc3ccsc23)CN1C(=O)N(NC(=O)OC(C)(C)C)C(C)(C)C)C(=O)NS(=O)(=O)C1CC1. The van der Waals surface area contributed by atoms with Gasteiger partial charge in [-0.25, -0.2) is 33.4 Å². The minimum absolute atomic E-state index is 0.0319. The summed E-state index contributed by atoms with van der Waals surface area (Å²) >= 11 is 1.37. The number of urea groups is 1. The molecule has 6 rings (SSSR count). The van der Waals surface area contributed by atoms with Crippen LogP contribution in [-0.4, -0.2) is 103 Å². The van der Waals surface area contributed by atoms with Crippen LogP contribution in [0.4, 0.5) is 9.59 Å². The lowest BCUT2D eigenvalue weighted by Gasteiger charge is -2.39. The Morgan fingerprint density at radius 3 is 2.41 bits per heavy atom. The third-order valence-electron chi connectivity index (χ3n) is 9.31. The summed E-state index contributed by atoms with van der Waals surface area (Å²) in [5, 5.41) is 9.47. The van der Waals surface area contributed by atoms with Crippen LogP contribution >= 0.6 is 11.3 Å². The molecule has 54 heavy (non-hydrogen) atoms. The highest BCUT2D eigenvalue weighted by Gasteiger charge is 2.62. The molecule has 17 nitrogen and oxygen atoms in total. The van der Waals surface area contributed by atoms with Gasteiger partial charge >= 0.3 is 12.1 Å². The van der Waals surface area contributed by atoms with E-state index in [4.69, 9.17) is 19.4 Å². The molecule has 0 spiro atoms. The number of likely N-dealkylation sites (tertiary alicyclic amines) is 1. The minimum atomic E-state index is -3.92. The van der Waals surface area contributed by atoms with Gasteiger partial charge in [0.2, 0.25) is 21.8 Å². The Morgan fingerprint density at radius 2 is 1.83 bits per heavy atom. The average Bonchev–Trinajstić information content (AvgIpc) is 3.89. The van der Waals surface area contributed by atoms with E-state index in [1.54, 1.807) is 53.3 Å². The number of hydrogen-bond acceptors (Lipinski definition) is 12. The van der Waals surface area contributed by atoms with Gasteiger partial charge in [0.05, 0.1) is 28.5 Å². The van der Waals surface area contributed by atoms with Gasteiger partial charge in [0, 0.05) is 19.4 Å². The zero-order valence-corrected chi connectivity index (χ0v) is 33.3. The molecule has 292 valence electrons. The predicted octanol–water partition coefficient (Wildman–Crippen LogP) is 3.55. The number of aromatic nitrogens is 4. The van der Waals surface area contributed by atoms with E-state index in [2.05, 4.69) is 27.1 Å². The highest BCUT2D eigenvalue weighted by molar-refractivity contribution is 7.91. The average molecular weight is 786 g/mol. The molecule has 5 amide bonds. The maximum absolute atomic E-state index is 14.5. The standard InChI is InChI=1S/C35H47N9O8S2/c1-10-20-17-35(20,30(46)41-54(49,50)22-11-12-22)38-28(45)25-16-21(18-43(25)32(48)44(33(3,4)5)40-31(47)52-34(6,7)8)51-29-26-23(13-14-53-26)36-27(37-29)24-15-19(2)39-42(24)9/h10,13-15,20-22,25H,1,11-12,16-18H2,2-9H3,(H,38,45)(H,40,47)(H,41,46)/t20-,21?,25+,35?/m1/s1. The molecule has 3 aromatic rings. The molecule has 19 heteroatoms. The number of rotatable bonds is 9. The Bertz CT molecular complexity index is 2110. The fourth-order valence-electron chi connectivity index (χ4n) is 6.39. The van der Waals surface area contributed by atoms with Gasteiger partial charge in [-0.15, -0.1) is 17.9 Å². The Kier molecular flexibility index (Phi) is 9.96. The van der Waals surface area contributed by atoms with Crippen LogP contribution < -0.4 is 20.2 Å². The number of hydrogen-bond donors (Lipinski definition) is 3. The molecule has 2 saturated carbocycles. The second-order valence-electron chi connectivity index (χ2n) is 16.0. The summed E-state index contributed by atoms with van der Waals surface area (Å²) in [5.41, 5.74) is 1.17. The van der Waals surface area contributed by atoms with E-state index in [9.17, 15) is 27.6 Å². The van der Waals surface area contributed by atoms with E-state index < -0.39 is 74.0 Å². The van der Waals surface area contributed by atoms with Gasteiger partial charge in [0.15, 0.2) is 5.82 Å². The largest absolute Gasteiger partial charge is 0.471 e. The molecule has 3 aliphatic rings. The third-order valence-corrected chi connectivity index (χ3v) is 12.0. The number of hydrazine groups is 1. The van der Waals surface area contributed by atoms with Gasteiger partial charge in [0.25, 0.3) is 5.91 Å². The molecule has 1 aliphatic heterocycles. The topological polar surface area (TPSA) is 207 Å². The van der Waals surface area contributed by atoms with Crippen LogP contribution in [0.5, 0.6) is 5.88 Å². The maximum Gasteiger partial charge on any atom is 0.426 e. The van der Waals surface area contributed by atoms with E-state index >= 15 is 0 Å². The molecule has 4 heterocycles. The lowest BCUT2D eigenvalue weighted by Crippen LogP contribution is -2.63. The number of sulfonamides is 1. The van der Waals surface area contributed by atoms with Crippen LogP contribution in [-0.2, 0) is 31.4 Å². The number of carbonyl (C=O) groups is 4. The van der Waals surface area contributed by atoms with Gasteiger partial charge in [-0.1, -0.05) is 6.08 Å². The van der Waals surface area contributed by atoms with Crippen LogP contribution in [0.1, 0.15) is 72.9 Å². The second-order valence-corrected chi connectivity index (χ2v) is 18.9. The molecule has 0 radical (unpaired) electrons. The minimum Gasteiger partial charge on any atom is -0.471 e. The summed E-state index contributed by atoms with van der Waals surface area (Å²) in [6, 6.07) is 1.73. The molecular formula is C35H47N9O8S2. The Morgan fingerprint density at radius 1 is 1.13 bits per heavy atom. The molecule has 3 fully saturated rings. The lowest BCUT2D eigenvalue weighted by atomic mass is 10.1. The number of fused-ring (bicyclic) bond motifs is 1. The van der Waals surface area contributed by atoms with E-state index in [0.29, 0.717) is 34.6 Å². The van der Waals surface area contributed by atoms with Gasteiger partial charge in [-0.05, 0) is 85.2 Å². The van der Waals surface area contributed by atoms with Crippen LogP contribution in [0, 0.1) is 12.8 Å². The molecule has 0 aromatic carbocycles. The molecule has 0 bridgehead atoms. The summed E-state index contributed by atoms with van der Waals surface area (Å²) in [4.78, 5) is 66.0. The van der Waals surface area contributed by atoms with Crippen LogP contribution in [0.25, 0.3) is 21.7 Å². The first kappa shape index (κ1) is 38.9. The molecule has 4 atom stereocenters. The molecule has 2 aliphatic carbocycles. The fraction of sp³-hybridized carbons (Fsp3) is 0.571. The van der Waals surface area contributed by atoms with Crippen molar-refractivity contribution in [3.05, 3.63) is 35.9 Å². The highest BCUT2D eigenvalue weighted by atomic mass is 32.2. The molecular weight excluding hydrogens is 739 g/mol. The number of amides is 5. The van der Waals surface area contributed by atoms with Crippen molar-refractivity contribution in [3.63, 3.8) is 0 Å². The Hall–Kier alpha value is -4.78. The van der Waals surface area contributed by atoms with Crippen molar-refractivity contribution in [2.75, 3.05) is 6.54 Å². The van der Waals surface area contributed by atoms with E-state index in [-0.39, 0.29) is 25.3 Å². The van der Waals surface area contributed by atoms with Crippen molar-refractivity contribution in [2.45, 2.75) is 108 Å². The van der Waals surface area contributed by atoms with E-state index in [0.717, 1.165) is 10.7 Å². The summed E-state index contributed by atoms with van der Waals surface area (Å²) in [7, 11) is -2.14. The van der Waals surface area contributed by atoms with Crippen molar-refractivity contribution in [3.8, 4) is 17.4 Å². The number of nitrogens with zero attached hydrogens (tertiary/aromatic N) is 6. The van der Waals surface area contributed by atoms with Crippen LogP contribution in [0.3, 0.4) is 0 Å². The molecule has 3 aromatic heterocycles. The number of nitrogens with one attached hydrogen (secondary N) is 3. The smallest absolute Gasteiger partial charge is 0.426 e. The number of thiophene rings is 1. The second kappa shape index (κ2) is 13.8. The summed E-state index contributed by atoms with van der Waals surface area (Å²) in [6.45, 7) is 15.7. The highest BCUT2D eigenvalue weighted by Crippen LogP contribution is 2.45. The van der Waals surface area contributed by atoms with Crippen LogP contribution in [0.2, 0.25) is 0 Å². The summed E-state index contributed by atoms with van der Waals surface area (Å²) in [5.74, 6) is -1.50. The quantitative estimate of drug-likeness (QED) is 0.211. The lowest BCUT2D eigenvalue weighted by molar-refractivity contribution is -0.131. The van der Waals surface area contributed by atoms with Gasteiger partial charge in [0.1, 0.15) is 33.7 Å². The predicted molar refractivity (Wildman–Crippen MR) is 200 cm³/mol. The molecule has 1 saturated heterocycles. The third kappa shape index (κ3) is 8.01. The van der Waals surface area contributed by atoms with Crippen molar-refractivity contribution in [1.29, 1.82) is 0 Å². The van der Waals surface area contributed by atoms with E-state index in [1.165, 1.54) is 22.3 Å². The Labute approximate surface area is 317 Å².